The second kappa shape index (κ2) is 10.1. The van der Waals surface area contributed by atoms with Crippen molar-refractivity contribution >= 4 is 50.4 Å². The molecule has 4 N–H and O–H groups in total. The van der Waals surface area contributed by atoms with E-state index in [-0.39, 0.29) is 18.6 Å². The van der Waals surface area contributed by atoms with Gasteiger partial charge in [-0.2, -0.15) is 0 Å². The number of thioether (sulfide) groups is 1. The lowest BCUT2D eigenvalue weighted by Gasteiger charge is -2.19. The molecule has 8 nitrogen and oxygen atoms in total. The van der Waals surface area contributed by atoms with Gasteiger partial charge < -0.3 is 20.9 Å². The molecule has 0 aliphatic heterocycles. The molecule has 1 aromatic carbocycles. The Labute approximate surface area is 183 Å². The third-order valence-electron chi connectivity index (χ3n) is 4.28. The highest BCUT2D eigenvalue weighted by atomic mass is 32.2. The Morgan fingerprint density at radius 2 is 2.13 bits per heavy atom. The van der Waals surface area contributed by atoms with Crippen molar-refractivity contribution < 1.29 is 14.6 Å². The molecule has 3 aromatic rings. The van der Waals surface area contributed by atoms with E-state index in [1.807, 2.05) is 12.1 Å². The maximum atomic E-state index is 11.7. The predicted octanol–water partition coefficient (Wildman–Crippen LogP) is 3.57. The molecule has 0 saturated carbocycles. The van der Waals surface area contributed by atoms with E-state index in [1.54, 1.807) is 12.1 Å². The molecule has 0 unspecified atom stereocenters. The first-order chi connectivity index (χ1) is 14.4. The van der Waals surface area contributed by atoms with Gasteiger partial charge in [-0.25, -0.2) is 19.7 Å². The van der Waals surface area contributed by atoms with Gasteiger partial charge in [0.15, 0.2) is 21.8 Å². The number of nitrogens with zero attached hydrogens (tertiary/aromatic N) is 3. The van der Waals surface area contributed by atoms with Crippen LogP contribution in [0.3, 0.4) is 0 Å². The van der Waals surface area contributed by atoms with Crippen LogP contribution >= 0.6 is 23.1 Å². The standard InChI is InChI=1S/C20H25N5O3S2/c1-11(2)7-14(9-26)22-16-15-17(23-19(21)30-15)25-20(24-16)29-10-12-5-4-6-13(8-12)18(27)28-3/h4-6,8,11,14,26H,7,9-10H2,1-3H3,(H3,21,22,23,24,25)/t14-/m1/s1. The highest BCUT2D eigenvalue weighted by molar-refractivity contribution is 7.98. The topological polar surface area (TPSA) is 123 Å². The van der Waals surface area contributed by atoms with Crippen LogP contribution in [0.15, 0.2) is 29.4 Å². The SMILES string of the molecule is COC(=O)c1cccc(CSc2nc(N[C@@H](CO)CC(C)C)c3sc(N)nc3n2)c1. The average molecular weight is 448 g/mol. The van der Waals surface area contributed by atoms with Crippen LogP contribution < -0.4 is 11.1 Å². The van der Waals surface area contributed by atoms with Crippen molar-refractivity contribution in [2.75, 3.05) is 24.8 Å². The van der Waals surface area contributed by atoms with Crippen LogP contribution in [0.5, 0.6) is 0 Å². The fourth-order valence-electron chi connectivity index (χ4n) is 2.98. The molecule has 0 spiro atoms. The summed E-state index contributed by atoms with van der Waals surface area (Å²) in [5, 5.41) is 14.0. The van der Waals surface area contributed by atoms with Crippen molar-refractivity contribution in [2.24, 2.45) is 5.92 Å². The summed E-state index contributed by atoms with van der Waals surface area (Å²) in [6.07, 6.45) is 0.805. The van der Waals surface area contributed by atoms with E-state index < -0.39 is 0 Å². The molecule has 0 aliphatic rings. The van der Waals surface area contributed by atoms with Crippen molar-refractivity contribution in [1.29, 1.82) is 0 Å². The number of ether oxygens (including phenoxy) is 1. The average Bonchev–Trinajstić information content (AvgIpc) is 3.11. The molecule has 2 aromatic heterocycles. The monoisotopic (exact) mass is 447 g/mol. The zero-order chi connectivity index (χ0) is 21.7. The summed E-state index contributed by atoms with van der Waals surface area (Å²) in [6.45, 7) is 4.21. The molecule has 0 bridgehead atoms. The molecule has 0 saturated heterocycles. The fourth-order valence-corrected chi connectivity index (χ4v) is 4.49. The van der Waals surface area contributed by atoms with E-state index >= 15 is 0 Å². The minimum atomic E-state index is -0.371. The number of aromatic nitrogens is 3. The number of carbonyl (C=O) groups excluding carboxylic acids is 1. The van der Waals surface area contributed by atoms with Crippen molar-refractivity contribution in [3.8, 4) is 0 Å². The number of aliphatic hydroxyl groups is 1. The highest BCUT2D eigenvalue weighted by Gasteiger charge is 2.17. The molecule has 0 amide bonds. The van der Waals surface area contributed by atoms with Crippen molar-refractivity contribution in [3.63, 3.8) is 0 Å². The first kappa shape index (κ1) is 22.3. The number of carbonyl (C=O) groups is 1. The van der Waals surface area contributed by atoms with E-state index in [0.717, 1.165) is 16.7 Å². The summed E-state index contributed by atoms with van der Waals surface area (Å²) >= 11 is 2.75. The van der Waals surface area contributed by atoms with Gasteiger partial charge in [0.2, 0.25) is 0 Å². The van der Waals surface area contributed by atoms with E-state index in [0.29, 0.717) is 39.0 Å². The summed E-state index contributed by atoms with van der Waals surface area (Å²) in [4.78, 5) is 25.2. The molecular formula is C20H25N5O3S2. The van der Waals surface area contributed by atoms with E-state index in [1.165, 1.54) is 30.2 Å². The molecule has 30 heavy (non-hydrogen) atoms. The van der Waals surface area contributed by atoms with Crippen molar-refractivity contribution in [3.05, 3.63) is 35.4 Å². The van der Waals surface area contributed by atoms with Gasteiger partial charge in [0.05, 0.1) is 25.3 Å². The van der Waals surface area contributed by atoms with Crippen LogP contribution in [-0.2, 0) is 10.5 Å². The molecule has 160 valence electrons. The fraction of sp³-hybridized carbons (Fsp3) is 0.400. The number of fused-ring (bicyclic) bond motifs is 1. The molecule has 10 heteroatoms. The smallest absolute Gasteiger partial charge is 0.337 e. The number of methoxy groups -OCH3 is 1. The van der Waals surface area contributed by atoms with Crippen LogP contribution in [0.25, 0.3) is 10.3 Å². The van der Waals surface area contributed by atoms with Gasteiger partial charge in [0.25, 0.3) is 0 Å². The number of nitrogen functional groups attached to an aromatic ring is 1. The molecule has 2 heterocycles. The summed E-state index contributed by atoms with van der Waals surface area (Å²) in [5.41, 5.74) is 7.87. The number of anilines is 2. The van der Waals surface area contributed by atoms with Crippen molar-refractivity contribution in [2.45, 2.75) is 37.2 Å². The lowest BCUT2D eigenvalue weighted by Crippen LogP contribution is -2.26. The lowest BCUT2D eigenvalue weighted by atomic mass is 10.0. The van der Waals surface area contributed by atoms with E-state index in [9.17, 15) is 9.90 Å². The largest absolute Gasteiger partial charge is 0.465 e. The summed E-state index contributed by atoms with van der Waals surface area (Å²) < 4.78 is 5.55. The maximum absolute atomic E-state index is 11.7. The molecule has 0 aliphatic carbocycles. The number of benzene rings is 1. The Morgan fingerprint density at radius 1 is 1.33 bits per heavy atom. The van der Waals surface area contributed by atoms with E-state index in [4.69, 9.17) is 10.5 Å². The van der Waals surface area contributed by atoms with Gasteiger partial charge in [0.1, 0.15) is 4.70 Å². The van der Waals surface area contributed by atoms with Gasteiger partial charge >= 0.3 is 5.97 Å². The van der Waals surface area contributed by atoms with Gasteiger partial charge in [-0.1, -0.05) is 49.1 Å². The Morgan fingerprint density at radius 3 is 2.83 bits per heavy atom. The van der Waals surface area contributed by atoms with Crippen LogP contribution in [0.2, 0.25) is 0 Å². The van der Waals surface area contributed by atoms with Crippen LogP contribution in [-0.4, -0.2) is 45.8 Å². The second-order valence-electron chi connectivity index (χ2n) is 7.19. The zero-order valence-corrected chi connectivity index (χ0v) is 18.7. The van der Waals surface area contributed by atoms with Gasteiger partial charge in [-0.3, -0.25) is 0 Å². The number of nitrogens with one attached hydrogen (secondary N) is 1. The summed E-state index contributed by atoms with van der Waals surface area (Å²) in [7, 11) is 1.36. The lowest BCUT2D eigenvalue weighted by molar-refractivity contribution is 0.0600. The summed E-state index contributed by atoms with van der Waals surface area (Å²) in [5.74, 6) is 1.25. The Kier molecular flexibility index (Phi) is 7.46. The molecular weight excluding hydrogens is 422 g/mol. The Bertz CT molecular complexity index is 1020. The first-order valence-electron chi connectivity index (χ1n) is 9.51. The van der Waals surface area contributed by atoms with Crippen LogP contribution in [0.1, 0.15) is 36.2 Å². The van der Waals surface area contributed by atoms with Crippen LogP contribution in [0.4, 0.5) is 10.9 Å². The highest BCUT2D eigenvalue weighted by Crippen LogP contribution is 2.32. The molecule has 0 fully saturated rings. The third-order valence-corrected chi connectivity index (χ3v) is 6.08. The minimum absolute atomic E-state index is 0.000753. The van der Waals surface area contributed by atoms with Crippen molar-refractivity contribution in [1.82, 2.24) is 15.0 Å². The quantitative estimate of drug-likeness (QED) is 0.256. The third kappa shape index (κ3) is 5.59. The number of hydrogen-bond acceptors (Lipinski definition) is 10. The number of esters is 1. The number of aliphatic hydroxyl groups excluding tert-OH is 1. The maximum Gasteiger partial charge on any atom is 0.337 e. The first-order valence-corrected chi connectivity index (χ1v) is 11.3. The zero-order valence-electron chi connectivity index (χ0n) is 17.1. The molecule has 1 atom stereocenters. The van der Waals surface area contributed by atoms with Crippen LogP contribution in [0, 0.1) is 5.92 Å². The summed E-state index contributed by atoms with van der Waals surface area (Å²) in [6, 6.07) is 7.13. The Balaban J connectivity index is 1.83. The van der Waals surface area contributed by atoms with Gasteiger partial charge in [0, 0.05) is 5.75 Å². The normalized spacial score (nSPS) is 12.3. The predicted molar refractivity (Wildman–Crippen MR) is 121 cm³/mol. The second-order valence-corrected chi connectivity index (χ2v) is 9.17. The number of hydrogen-bond donors (Lipinski definition) is 3. The van der Waals surface area contributed by atoms with Gasteiger partial charge in [-0.15, -0.1) is 0 Å². The number of nitrogens with two attached hydrogens (primary N) is 1. The molecule has 3 rings (SSSR count). The van der Waals surface area contributed by atoms with E-state index in [2.05, 4.69) is 34.1 Å². The number of thiazole rings is 1. The van der Waals surface area contributed by atoms with Gasteiger partial charge in [-0.05, 0) is 30.0 Å². The Hall–Kier alpha value is -2.43. The minimum Gasteiger partial charge on any atom is -0.465 e. The number of rotatable bonds is 9. The molecule has 0 radical (unpaired) electrons.